The molecule has 0 heterocycles. The Morgan fingerprint density at radius 2 is 1.67 bits per heavy atom. The predicted octanol–water partition coefficient (Wildman–Crippen LogP) is 3.31. The van der Waals surface area contributed by atoms with Crippen LogP contribution in [0.5, 0.6) is 0 Å². The minimum absolute atomic E-state index is 0.296. The van der Waals surface area contributed by atoms with E-state index in [1.165, 1.54) is 23.1 Å². The van der Waals surface area contributed by atoms with Gasteiger partial charge in [-0.25, -0.2) is 0 Å². The maximum Gasteiger partial charge on any atom is 0.0716 e. The van der Waals surface area contributed by atoms with Gasteiger partial charge in [-0.2, -0.15) is 0 Å². The molecule has 0 nitrogen and oxygen atoms in total. The SMILES string of the molecule is [B]Cc1ccc2c(c1)C(C)(C)CC2(C)C. The lowest BCUT2D eigenvalue weighted by atomic mass is 9.82. The van der Waals surface area contributed by atoms with E-state index in [1.54, 1.807) is 0 Å². The summed E-state index contributed by atoms with van der Waals surface area (Å²) in [5.41, 5.74) is 4.86. The molecule has 1 aromatic carbocycles. The molecular weight excluding hydrogens is 179 g/mol. The molecule has 2 rings (SSSR count). The number of benzene rings is 1. The molecule has 1 aromatic rings. The highest BCUT2D eigenvalue weighted by atomic mass is 14.4. The van der Waals surface area contributed by atoms with Gasteiger partial charge in [0, 0.05) is 0 Å². The zero-order valence-electron chi connectivity index (χ0n) is 10.2. The van der Waals surface area contributed by atoms with Gasteiger partial charge in [0.05, 0.1) is 7.85 Å². The molecule has 0 spiro atoms. The third-order valence-corrected chi connectivity index (χ3v) is 3.66. The molecule has 1 aliphatic carbocycles. The van der Waals surface area contributed by atoms with Crippen LogP contribution in [0.25, 0.3) is 0 Å². The zero-order valence-corrected chi connectivity index (χ0v) is 10.2. The maximum atomic E-state index is 5.70. The van der Waals surface area contributed by atoms with Crippen molar-refractivity contribution in [3.8, 4) is 0 Å². The largest absolute Gasteiger partial charge is 0.0716 e. The fourth-order valence-corrected chi connectivity index (χ4v) is 3.16. The van der Waals surface area contributed by atoms with Crippen LogP contribution in [0.1, 0.15) is 50.8 Å². The van der Waals surface area contributed by atoms with Crippen molar-refractivity contribution in [3.63, 3.8) is 0 Å². The summed E-state index contributed by atoms with van der Waals surface area (Å²) < 4.78 is 0. The number of hydrogen-bond donors (Lipinski definition) is 0. The van der Waals surface area contributed by atoms with Gasteiger partial charge in [-0.1, -0.05) is 57.8 Å². The summed E-state index contributed by atoms with van der Waals surface area (Å²) in [7, 11) is 5.70. The molecule has 0 atom stereocenters. The Labute approximate surface area is 94.5 Å². The Bertz CT molecular complexity index is 388. The van der Waals surface area contributed by atoms with Crippen molar-refractivity contribution < 1.29 is 0 Å². The van der Waals surface area contributed by atoms with Crippen LogP contribution in [-0.4, -0.2) is 7.85 Å². The van der Waals surface area contributed by atoms with E-state index in [0.29, 0.717) is 17.2 Å². The second kappa shape index (κ2) is 3.14. The monoisotopic (exact) mass is 198 g/mol. The second-order valence-electron chi connectivity index (χ2n) is 6.03. The first-order chi connectivity index (χ1) is 6.87. The van der Waals surface area contributed by atoms with Gasteiger partial charge in [-0.3, -0.25) is 0 Å². The van der Waals surface area contributed by atoms with Crippen LogP contribution in [0, 0.1) is 0 Å². The molecule has 0 saturated carbocycles. The summed E-state index contributed by atoms with van der Waals surface area (Å²) in [6.07, 6.45) is 1.87. The van der Waals surface area contributed by atoms with Crippen molar-refractivity contribution >= 4 is 7.85 Å². The summed E-state index contributed by atoms with van der Waals surface area (Å²) in [6.45, 7) is 9.34. The maximum absolute atomic E-state index is 5.70. The molecule has 0 aliphatic heterocycles. The third kappa shape index (κ3) is 1.62. The van der Waals surface area contributed by atoms with Crippen molar-refractivity contribution in [2.24, 2.45) is 0 Å². The van der Waals surface area contributed by atoms with Crippen molar-refractivity contribution in [1.29, 1.82) is 0 Å². The Hall–Kier alpha value is -0.715. The van der Waals surface area contributed by atoms with E-state index in [9.17, 15) is 0 Å². The molecule has 1 aliphatic rings. The van der Waals surface area contributed by atoms with Gasteiger partial charge < -0.3 is 0 Å². The molecule has 0 bridgehead atoms. The Balaban J connectivity index is 2.60. The minimum atomic E-state index is 0.296. The van der Waals surface area contributed by atoms with Crippen molar-refractivity contribution in [2.45, 2.75) is 51.3 Å². The van der Waals surface area contributed by atoms with Crippen molar-refractivity contribution in [1.82, 2.24) is 0 Å². The average molecular weight is 198 g/mol. The first-order valence-corrected chi connectivity index (χ1v) is 5.71. The molecule has 0 aromatic heterocycles. The lowest BCUT2D eigenvalue weighted by Gasteiger charge is -2.22. The van der Waals surface area contributed by atoms with Crippen LogP contribution in [0.2, 0.25) is 0 Å². The summed E-state index contributed by atoms with van der Waals surface area (Å²) in [6, 6.07) is 6.73. The second-order valence-corrected chi connectivity index (χ2v) is 6.03. The number of hydrogen-bond acceptors (Lipinski definition) is 0. The molecule has 0 unspecified atom stereocenters. The predicted molar refractivity (Wildman–Crippen MR) is 66.6 cm³/mol. The molecule has 0 N–H and O–H groups in total. The van der Waals surface area contributed by atoms with E-state index >= 15 is 0 Å². The highest BCUT2D eigenvalue weighted by Gasteiger charge is 2.41. The molecule has 2 radical (unpaired) electrons. The highest BCUT2D eigenvalue weighted by Crippen LogP contribution is 2.49. The molecule has 0 fully saturated rings. The van der Waals surface area contributed by atoms with Crippen LogP contribution in [-0.2, 0) is 17.2 Å². The quantitative estimate of drug-likeness (QED) is 0.607. The van der Waals surface area contributed by atoms with Gasteiger partial charge in [0.2, 0.25) is 0 Å². The molecular formula is C14H19B. The lowest BCUT2D eigenvalue weighted by Crippen LogP contribution is -2.17. The van der Waals surface area contributed by atoms with Crippen molar-refractivity contribution in [2.75, 3.05) is 0 Å². The zero-order chi connectivity index (χ0) is 11.3. The fourth-order valence-electron chi connectivity index (χ4n) is 3.16. The summed E-state index contributed by atoms with van der Waals surface area (Å²) in [4.78, 5) is 0. The Morgan fingerprint density at radius 3 is 2.27 bits per heavy atom. The molecule has 0 amide bonds. The van der Waals surface area contributed by atoms with E-state index < -0.39 is 0 Å². The van der Waals surface area contributed by atoms with Gasteiger partial charge in [0.25, 0.3) is 0 Å². The van der Waals surface area contributed by atoms with Gasteiger partial charge in [0.15, 0.2) is 0 Å². The van der Waals surface area contributed by atoms with E-state index in [1.807, 2.05) is 0 Å². The Morgan fingerprint density at radius 1 is 1.07 bits per heavy atom. The molecule has 15 heavy (non-hydrogen) atoms. The number of fused-ring (bicyclic) bond motifs is 1. The van der Waals surface area contributed by atoms with Gasteiger partial charge in [-0.15, -0.1) is 0 Å². The first kappa shape index (κ1) is 10.8. The normalized spacial score (nSPS) is 21.3. The van der Waals surface area contributed by atoms with Crippen LogP contribution in [0.15, 0.2) is 18.2 Å². The van der Waals surface area contributed by atoms with E-state index in [2.05, 4.69) is 45.9 Å². The third-order valence-electron chi connectivity index (χ3n) is 3.66. The first-order valence-electron chi connectivity index (χ1n) is 5.71. The van der Waals surface area contributed by atoms with Gasteiger partial charge in [0.1, 0.15) is 0 Å². The smallest absolute Gasteiger partial charge is 0.0643 e. The van der Waals surface area contributed by atoms with E-state index in [4.69, 9.17) is 7.85 Å². The van der Waals surface area contributed by atoms with Crippen LogP contribution < -0.4 is 0 Å². The lowest BCUT2D eigenvalue weighted by molar-refractivity contribution is 0.403. The standard InChI is InChI=1S/C14H19B/c1-13(2)9-14(3,4)12-7-10(8-15)5-6-11(12)13/h5-7H,8-9H2,1-4H3. The summed E-state index contributed by atoms with van der Waals surface area (Å²) in [5, 5.41) is 0. The van der Waals surface area contributed by atoms with Crippen LogP contribution in [0.4, 0.5) is 0 Å². The Kier molecular flexibility index (Phi) is 2.26. The fraction of sp³-hybridized carbons (Fsp3) is 0.571. The summed E-state index contributed by atoms with van der Waals surface area (Å²) in [5.74, 6) is 0. The topological polar surface area (TPSA) is 0 Å². The van der Waals surface area contributed by atoms with E-state index in [-0.39, 0.29) is 0 Å². The molecule has 1 heteroatoms. The van der Waals surface area contributed by atoms with Crippen molar-refractivity contribution in [3.05, 3.63) is 34.9 Å². The highest BCUT2D eigenvalue weighted by molar-refractivity contribution is 6.08. The van der Waals surface area contributed by atoms with E-state index in [0.717, 1.165) is 0 Å². The minimum Gasteiger partial charge on any atom is -0.0643 e. The van der Waals surface area contributed by atoms with Crippen LogP contribution in [0.3, 0.4) is 0 Å². The number of rotatable bonds is 1. The molecule has 78 valence electrons. The van der Waals surface area contributed by atoms with Crippen LogP contribution >= 0.6 is 0 Å². The van der Waals surface area contributed by atoms with Gasteiger partial charge >= 0.3 is 0 Å². The average Bonchev–Trinajstić information content (AvgIpc) is 2.32. The van der Waals surface area contributed by atoms with Gasteiger partial charge in [-0.05, 0) is 28.4 Å². The summed E-state index contributed by atoms with van der Waals surface area (Å²) >= 11 is 0. The molecule has 0 saturated heterocycles.